The molecule has 0 aliphatic carbocycles. The number of anilines is 2. The number of aromatic nitrogens is 3. The predicted octanol–water partition coefficient (Wildman–Crippen LogP) is 4.74. The van der Waals surface area contributed by atoms with Crippen molar-refractivity contribution in [2.24, 2.45) is 0 Å². The van der Waals surface area contributed by atoms with Crippen LogP contribution < -0.4 is 15.4 Å². The van der Waals surface area contributed by atoms with E-state index in [9.17, 15) is 9.59 Å². The van der Waals surface area contributed by atoms with Crippen LogP contribution in [0.25, 0.3) is 5.69 Å². The van der Waals surface area contributed by atoms with Crippen molar-refractivity contribution < 1.29 is 14.3 Å². The summed E-state index contributed by atoms with van der Waals surface area (Å²) in [6, 6.07) is 20.7. The van der Waals surface area contributed by atoms with Crippen LogP contribution in [-0.4, -0.2) is 33.9 Å². The lowest BCUT2D eigenvalue weighted by Crippen LogP contribution is -2.15. The van der Waals surface area contributed by atoms with Crippen LogP contribution in [0.15, 0.2) is 72.8 Å². The maximum absolute atomic E-state index is 12.7. The minimum Gasteiger partial charge on any atom is -0.497 e. The number of benzene rings is 3. The molecule has 4 rings (SSSR count). The lowest BCUT2D eigenvalue weighted by Gasteiger charge is -2.08. The molecule has 2 amide bonds. The van der Waals surface area contributed by atoms with Crippen molar-refractivity contribution in [2.45, 2.75) is 6.92 Å². The third kappa shape index (κ3) is 5.02. The van der Waals surface area contributed by atoms with Gasteiger partial charge >= 0.3 is 0 Å². The van der Waals surface area contributed by atoms with E-state index in [0.29, 0.717) is 39.1 Å². The molecule has 1 aromatic heterocycles. The van der Waals surface area contributed by atoms with Crippen LogP contribution in [0.1, 0.15) is 26.5 Å². The molecule has 8 nitrogen and oxygen atoms in total. The summed E-state index contributed by atoms with van der Waals surface area (Å²) in [4.78, 5) is 25.2. The van der Waals surface area contributed by atoms with E-state index in [0.717, 1.165) is 0 Å². The van der Waals surface area contributed by atoms with Gasteiger partial charge in [0.25, 0.3) is 11.8 Å². The third-order valence-corrected chi connectivity index (χ3v) is 5.15. The van der Waals surface area contributed by atoms with E-state index in [1.165, 1.54) is 0 Å². The first-order valence-electron chi connectivity index (χ1n) is 9.99. The van der Waals surface area contributed by atoms with Crippen molar-refractivity contribution in [3.8, 4) is 11.4 Å². The van der Waals surface area contributed by atoms with Gasteiger partial charge in [0.2, 0.25) is 0 Å². The summed E-state index contributed by atoms with van der Waals surface area (Å²) in [6.07, 6.45) is 0. The van der Waals surface area contributed by atoms with Crippen LogP contribution in [0.2, 0.25) is 5.02 Å². The van der Waals surface area contributed by atoms with Gasteiger partial charge in [0.15, 0.2) is 5.69 Å². The summed E-state index contributed by atoms with van der Waals surface area (Å²) in [5, 5.41) is 14.2. The third-order valence-electron chi connectivity index (χ3n) is 4.92. The quantitative estimate of drug-likeness (QED) is 0.432. The molecule has 9 heteroatoms. The van der Waals surface area contributed by atoms with Crippen LogP contribution in [0.4, 0.5) is 11.4 Å². The molecular formula is C24H20ClN5O3. The molecule has 2 N–H and O–H groups in total. The van der Waals surface area contributed by atoms with Crippen LogP contribution in [0, 0.1) is 6.92 Å². The Hall–Kier alpha value is -4.17. The number of nitrogens with one attached hydrogen (secondary N) is 2. The highest BCUT2D eigenvalue weighted by atomic mass is 35.5. The van der Waals surface area contributed by atoms with Crippen LogP contribution in [0.5, 0.6) is 5.75 Å². The van der Waals surface area contributed by atoms with Crippen molar-refractivity contribution in [1.29, 1.82) is 0 Å². The van der Waals surface area contributed by atoms with E-state index in [-0.39, 0.29) is 11.6 Å². The van der Waals surface area contributed by atoms with Crippen LogP contribution >= 0.6 is 11.6 Å². The number of rotatable bonds is 6. The highest BCUT2D eigenvalue weighted by molar-refractivity contribution is 6.30. The molecule has 33 heavy (non-hydrogen) atoms. The molecule has 1 heterocycles. The van der Waals surface area contributed by atoms with E-state index in [2.05, 4.69) is 20.9 Å². The molecule has 0 atom stereocenters. The molecule has 0 spiro atoms. The van der Waals surface area contributed by atoms with Crippen LogP contribution in [0.3, 0.4) is 0 Å². The molecule has 0 unspecified atom stereocenters. The zero-order valence-corrected chi connectivity index (χ0v) is 18.6. The first-order valence-corrected chi connectivity index (χ1v) is 10.4. The molecule has 3 aromatic carbocycles. The van der Waals surface area contributed by atoms with Crippen molar-refractivity contribution >= 4 is 34.8 Å². The maximum Gasteiger partial charge on any atom is 0.278 e. The predicted molar refractivity (Wildman–Crippen MR) is 126 cm³/mol. The fourth-order valence-electron chi connectivity index (χ4n) is 3.16. The van der Waals surface area contributed by atoms with Gasteiger partial charge in [-0.1, -0.05) is 22.9 Å². The number of ether oxygens (including phenoxy) is 1. The summed E-state index contributed by atoms with van der Waals surface area (Å²) in [5.74, 6) is 0.0329. The average Bonchev–Trinajstić information content (AvgIpc) is 3.21. The SMILES string of the molecule is COc1ccc(NC(=O)c2ccc(NC(=O)c3nnn(-c4cccc(Cl)c4)c3C)cc2)cc1. The molecule has 4 aromatic rings. The number of nitrogens with zero attached hydrogens (tertiary/aromatic N) is 3. The molecule has 0 saturated carbocycles. The Bertz CT molecular complexity index is 1300. The van der Waals surface area contributed by atoms with Crippen molar-refractivity contribution in [3.63, 3.8) is 0 Å². The second kappa shape index (κ2) is 9.54. The lowest BCUT2D eigenvalue weighted by molar-refractivity contribution is 0.101. The number of hydrogen-bond acceptors (Lipinski definition) is 5. The van der Waals surface area contributed by atoms with Crippen molar-refractivity contribution in [1.82, 2.24) is 15.0 Å². The highest BCUT2D eigenvalue weighted by Gasteiger charge is 2.18. The number of amides is 2. The van der Waals surface area contributed by atoms with Crippen LogP contribution in [-0.2, 0) is 0 Å². The fourth-order valence-corrected chi connectivity index (χ4v) is 3.35. The summed E-state index contributed by atoms with van der Waals surface area (Å²) in [7, 11) is 1.58. The zero-order valence-electron chi connectivity index (χ0n) is 17.9. The zero-order chi connectivity index (χ0) is 23.4. The van der Waals surface area contributed by atoms with Crippen molar-refractivity contribution in [2.75, 3.05) is 17.7 Å². The van der Waals surface area contributed by atoms with E-state index in [4.69, 9.17) is 16.3 Å². The second-order valence-electron chi connectivity index (χ2n) is 7.13. The summed E-state index contributed by atoms with van der Waals surface area (Å²) < 4.78 is 6.66. The average molecular weight is 462 g/mol. The number of hydrogen-bond donors (Lipinski definition) is 2. The number of halogens is 1. The molecule has 0 radical (unpaired) electrons. The Morgan fingerprint density at radius 3 is 2.18 bits per heavy atom. The van der Waals surface area contributed by atoms with Crippen molar-refractivity contribution in [3.05, 3.63) is 94.8 Å². The van der Waals surface area contributed by atoms with Gasteiger partial charge in [-0.2, -0.15) is 0 Å². The maximum atomic E-state index is 12.7. The van der Waals surface area contributed by atoms with Gasteiger partial charge in [-0.3, -0.25) is 9.59 Å². The van der Waals surface area contributed by atoms with E-state index >= 15 is 0 Å². The number of carbonyl (C=O) groups excluding carboxylic acids is 2. The van der Waals surface area contributed by atoms with Gasteiger partial charge < -0.3 is 15.4 Å². The minimum absolute atomic E-state index is 0.191. The summed E-state index contributed by atoms with van der Waals surface area (Å²) in [6.45, 7) is 1.75. The molecule has 0 aliphatic rings. The van der Waals surface area contributed by atoms with Gasteiger partial charge in [0.1, 0.15) is 5.75 Å². The largest absolute Gasteiger partial charge is 0.497 e. The topological polar surface area (TPSA) is 98.1 Å². The Morgan fingerprint density at radius 2 is 1.55 bits per heavy atom. The first kappa shape index (κ1) is 22.0. The van der Waals surface area contributed by atoms with E-state index in [1.807, 2.05) is 6.07 Å². The molecule has 166 valence electrons. The van der Waals surface area contributed by atoms with E-state index < -0.39 is 5.91 Å². The number of carbonyl (C=O) groups is 2. The lowest BCUT2D eigenvalue weighted by atomic mass is 10.2. The van der Waals surface area contributed by atoms with Gasteiger partial charge in [0.05, 0.1) is 18.5 Å². The highest BCUT2D eigenvalue weighted by Crippen LogP contribution is 2.19. The second-order valence-corrected chi connectivity index (χ2v) is 7.57. The summed E-state index contributed by atoms with van der Waals surface area (Å²) in [5.41, 5.74) is 3.10. The Balaban J connectivity index is 1.42. The van der Waals surface area contributed by atoms with Gasteiger partial charge in [0, 0.05) is 22.0 Å². The fraction of sp³-hybridized carbons (Fsp3) is 0.0833. The molecule has 0 bridgehead atoms. The smallest absolute Gasteiger partial charge is 0.278 e. The van der Waals surface area contributed by atoms with E-state index in [1.54, 1.807) is 85.4 Å². The molecule has 0 fully saturated rings. The standard InChI is InChI=1S/C24H20ClN5O3/c1-15-22(28-29-30(15)20-5-3-4-17(25)14-20)24(32)27-18-8-6-16(7-9-18)23(31)26-19-10-12-21(33-2)13-11-19/h3-14H,1-2H3,(H,26,31)(H,27,32). The monoisotopic (exact) mass is 461 g/mol. The normalized spacial score (nSPS) is 10.5. The minimum atomic E-state index is -0.406. The molecular weight excluding hydrogens is 442 g/mol. The molecule has 0 aliphatic heterocycles. The summed E-state index contributed by atoms with van der Waals surface area (Å²) >= 11 is 6.04. The van der Waals surface area contributed by atoms with Gasteiger partial charge in [-0.15, -0.1) is 5.10 Å². The van der Waals surface area contributed by atoms with Gasteiger partial charge in [-0.25, -0.2) is 4.68 Å². The Kier molecular flexibility index (Phi) is 6.37. The molecule has 0 saturated heterocycles. The Morgan fingerprint density at radius 1 is 0.909 bits per heavy atom. The number of methoxy groups -OCH3 is 1. The van der Waals surface area contributed by atoms with Gasteiger partial charge in [-0.05, 0) is 73.7 Å². The Labute approximate surface area is 195 Å². The first-order chi connectivity index (χ1) is 15.9.